The molecule has 0 fully saturated rings. The van der Waals surface area contributed by atoms with Crippen LogP contribution in [0.1, 0.15) is 31.6 Å². The molecule has 26 heavy (non-hydrogen) atoms. The normalized spacial score (nSPS) is 29.5. The summed E-state index contributed by atoms with van der Waals surface area (Å²) in [6.45, 7) is 8.45. The summed E-state index contributed by atoms with van der Waals surface area (Å²) in [5.74, 6) is 0.415. The van der Waals surface area contributed by atoms with Gasteiger partial charge in [0.1, 0.15) is 5.54 Å². The first kappa shape index (κ1) is 17.0. The van der Waals surface area contributed by atoms with Crippen LogP contribution in [0.5, 0.6) is 0 Å². The Labute approximate surface area is 159 Å². The molecule has 2 aliphatic carbocycles. The maximum absolute atomic E-state index is 5.15. The predicted molar refractivity (Wildman–Crippen MR) is 113 cm³/mol. The molecule has 0 amide bonds. The van der Waals surface area contributed by atoms with E-state index in [4.69, 9.17) is 4.99 Å². The second-order valence-corrected chi connectivity index (χ2v) is 8.11. The Morgan fingerprint density at radius 2 is 2.27 bits per heavy atom. The second-order valence-electron chi connectivity index (χ2n) is 7.13. The number of nitrogens with one attached hydrogen (secondary N) is 1. The van der Waals surface area contributed by atoms with Crippen LogP contribution in [-0.4, -0.2) is 11.8 Å². The molecule has 2 heterocycles. The summed E-state index contributed by atoms with van der Waals surface area (Å²) in [6, 6.07) is 4.19. The van der Waals surface area contributed by atoms with Gasteiger partial charge in [0.05, 0.1) is 0 Å². The summed E-state index contributed by atoms with van der Waals surface area (Å²) in [5.41, 5.74) is 6.07. The zero-order valence-corrected chi connectivity index (χ0v) is 16.1. The molecule has 0 radical (unpaired) electrons. The Balaban J connectivity index is 1.77. The summed E-state index contributed by atoms with van der Waals surface area (Å²) in [7, 11) is 0. The van der Waals surface area contributed by atoms with Crippen molar-refractivity contribution in [2.45, 2.75) is 32.2 Å². The summed E-state index contributed by atoms with van der Waals surface area (Å²) in [4.78, 5) is 6.40. The summed E-state index contributed by atoms with van der Waals surface area (Å²) < 4.78 is 0. The number of nitrogens with zero attached hydrogens (tertiary/aromatic N) is 1. The highest BCUT2D eigenvalue weighted by Crippen LogP contribution is 2.51. The van der Waals surface area contributed by atoms with Crippen molar-refractivity contribution in [3.8, 4) is 0 Å². The van der Waals surface area contributed by atoms with Crippen molar-refractivity contribution in [1.29, 1.82) is 0 Å². The van der Waals surface area contributed by atoms with Gasteiger partial charge in [0, 0.05) is 40.4 Å². The van der Waals surface area contributed by atoms with Crippen LogP contribution in [-0.2, 0) is 0 Å². The van der Waals surface area contributed by atoms with Crippen molar-refractivity contribution >= 4 is 23.6 Å². The van der Waals surface area contributed by atoms with Crippen LogP contribution in [0, 0.1) is 5.92 Å². The smallest absolute Gasteiger partial charge is 0.112 e. The molecule has 0 saturated carbocycles. The van der Waals surface area contributed by atoms with Crippen LogP contribution >= 0.6 is 11.3 Å². The highest BCUT2D eigenvalue weighted by molar-refractivity contribution is 7.10. The monoisotopic (exact) mass is 360 g/mol. The van der Waals surface area contributed by atoms with Crippen molar-refractivity contribution in [3.63, 3.8) is 0 Å². The minimum absolute atomic E-state index is 0.296. The zero-order valence-electron chi connectivity index (χ0n) is 15.3. The fourth-order valence-electron chi connectivity index (χ4n) is 4.42. The molecule has 132 valence electrons. The lowest BCUT2D eigenvalue weighted by molar-refractivity contribution is 0.453. The highest BCUT2D eigenvalue weighted by Gasteiger charge is 2.47. The van der Waals surface area contributed by atoms with E-state index in [1.54, 1.807) is 11.3 Å². The number of allylic oxidation sites excluding steroid dienone is 5. The van der Waals surface area contributed by atoms with Crippen molar-refractivity contribution in [2.24, 2.45) is 10.9 Å². The van der Waals surface area contributed by atoms with E-state index in [-0.39, 0.29) is 5.54 Å². The Hall–Kier alpha value is -2.39. The Morgan fingerprint density at radius 3 is 3.04 bits per heavy atom. The topological polar surface area (TPSA) is 24.4 Å². The lowest BCUT2D eigenvalue weighted by atomic mass is 9.62. The first-order chi connectivity index (χ1) is 12.6. The first-order valence-corrected chi connectivity index (χ1v) is 9.97. The Bertz CT molecular complexity index is 906. The van der Waals surface area contributed by atoms with Gasteiger partial charge in [0.25, 0.3) is 0 Å². The van der Waals surface area contributed by atoms with E-state index < -0.39 is 0 Å². The first-order valence-electron chi connectivity index (χ1n) is 9.09. The molecule has 0 spiro atoms. The van der Waals surface area contributed by atoms with E-state index in [9.17, 15) is 0 Å². The van der Waals surface area contributed by atoms with Crippen LogP contribution < -0.4 is 5.32 Å². The van der Waals surface area contributed by atoms with E-state index in [1.807, 2.05) is 6.21 Å². The lowest BCUT2D eigenvalue weighted by Crippen LogP contribution is -2.44. The summed E-state index contributed by atoms with van der Waals surface area (Å²) >= 11 is 1.74. The average molecular weight is 361 g/mol. The van der Waals surface area contributed by atoms with Gasteiger partial charge in [-0.2, -0.15) is 0 Å². The number of hydrogen-bond donors (Lipinski definition) is 1. The van der Waals surface area contributed by atoms with Gasteiger partial charge < -0.3 is 5.32 Å². The molecule has 0 aromatic carbocycles. The largest absolute Gasteiger partial charge is 0.359 e. The molecule has 2 unspecified atom stereocenters. The summed E-state index contributed by atoms with van der Waals surface area (Å²) in [5, 5.41) is 5.59. The lowest BCUT2D eigenvalue weighted by Gasteiger charge is -2.47. The summed E-state index contributed by atoms with van der Waals surface area (Å²) in [6.07, 6.45) is 17.1. The van der Waals surface area contributed by atoms with Gasteiger partial charge >= 0.3 is 0 Å². The molecule has 1 aliphatic heterocycles. The van der Waals surface area contributed by atoms with Gasteiger partial charge in [0.2, 0.25) is 0 Å². The Kier molecular flexibility index (Phi) is 4.41. The number of hydrogen-bond acceptors (Lipinski definition) is 3. The molecule has 0 saturated heterocycles. The quantitative estimate of drug-likeness (QED) is 0.533. The van der Waals surface area contributed by atoms with E-state index in [0.717, 1.165) is 18.5 Å². The molecule has 1 aromatic rings. The molecule has 1 N–H and O–H groups in total. The number of dihydropyridines is 1. The van der Waals surface area contributed by atoms with Gasteiger partial charge in [-0.1, -0.05) is 36.4 Å². The van der Waals surface area contributed by atoms with E-state index in [1.165, 1.54) is 27.3 Å². The maximum Gasteiger partial charge on any atom is 0.112 e. The standard InChI is InChI=1S/C23H24N2S/c1-4-20-18-13-16(2)15-23(20,21-10-9-17(3)25-22(21)14-18)24-11-5-7-19-8-6-12-26-19/h4-13,18,25H,3,14-15H2,1-2H3/b7-5+,20-4+,24-11+. The third kappa shape index (κ3) is 2.86. The second kappa shape index (κ2) is 6.73. The van der Waals surface area contributed by atoms with Crippen molar-refractivity contribution in [2.75, 3.05) is 0 Å². The number of fused-ring (bicyclic) bond motifs is 3. The van der Waals surface area contributed by atoms with Gasteiger partial charge in [0.15, 0.2) is 0 Å². The van der Waals surface area contributed by atoms with Crippen molar-refractivity contribution in [3.05, 3.63) is 87.5 Å². The van der Waals surface area contributed by atoms with Crippen LogP contribution in [0.4, 0.5) is 0 Å². The number of thiophene rings is 1. The van der Waals surface area contributed by atoms with Gasteiger partial charge in [-0.15, -0.1) is 11.3 Å². The number of aliphatic imine (C=N–C) groups is 1. The van der Waals surface area contributed by atoms with Gasteiger partial charge in [-0.05, 0) is 55.5 Å². The number of rotatable bonds is 3. The zero-order chi connectivity index (χ0) is 18.1. The van der Waals surface area contributed by atoms with Crippen molar-refractivity contribution < 1.29 is 0 Å². The average Bonchev–Trinajstić information content (AvgIpc) is 3.11. The molecule has 3 aliphatic rings. The fraction of sp³-hybridized carbons (Fsp3) is 0.261. The molecule has 3 heteroatoms. The third-order valence-corrected chi connectivity index (χ3v) is 6.19. The fourth-order valence-corrected chi connectivity index (χ4v) is 5.05. The van der Waals surface area contributed by atoms with Crippen LogP contribution in [0.25, 0.3) is 6.08 Å². The molecular formula is C23H24N2S. The molecule has 2 atom stereocenters. The molecule has 2 nitrogen and oxygen atoms in total. The molecular weight excluding hydrogens is 336 g/mol. The minimum atomic E-state index is -0.296. The van der Waals surface area contributed by atoms with E-state index >= 15 is 0 Å². The SMILES string of the molecule is C=C1C=CC2=C(CC3C=C(C)CC2(/N=C/C=C/c2cccs2)/C3=C/C)N1. The van der Waals surface area contributed by atoms with Crippen molar-refractivity contribution in [1.82, 2.24) is 5.32 Å². The molecule has 4 rings (SSSR count). The van der Waals surface area contributed by atoms with E-state index in [0.29, 0.717) is 5.92 Å². The van der Waals surface area contributed by atoms with Gasteiger partial charge in [-0.25, -0.2) is 0 Å². The van der Waals surface area contributed by atoms with Crippen LogP contribution in [0.3, 0.4) is 0 Å². The maximum atomic E-state index is 5.15. The van der Waals surface area contributed by atoms with Crippen LogP contribution in [0.15, 0.2) is 87.6 Å². The Morgan fingerprint density at radius 1 is 1.38 bits per heavy atom. The minimum Gasteiger partial charge on any atom is -0.359 e. The highest BCUT2D eigenvalue weighted by atomic mass is 32.1. The molecule has 1 aromatic heterocycles. The van der Waals surface area contributed by atoms with Gasteiger partial charge in [-0.3, -0.25) is 4.99 Å². The third-order valence-electron chi connectivity index (χ3n) is 5.35. The van der Waals surface area contributed by atoms with E-state index in [2.05, 4.69) is 79.7 Å². The van der Waals surface area contributed by atoms with Crippen LogP contribution in [0.2, 0.25) is 0 Å². The molecule has 2 bridgehead atoms. The predicted octanol–water partition coefficient (Wildman–Crippen LogP) is 5.81.